The molecule has 1 N–H and O–H groups in total. The summed E-state index contributed by atoms with van der Waals surface area (Å²) in [6.07, 6.45) is 3.92. The topological polar surface area (TPSA) is 12.0 Å². The van der Waals surface area contributed by atoms with Crippen LogP contribution in [0.1, 0.15) is 31.7 Å². The molecule has 1 saturated carbocycles. The van der Waals surface area contributed by atoms with Crippen LogP contribution in [-0.4, -0.2) is 6.54 Å². The Morgan fingerprint density at radius 1 is 1.38 bits per heavy atom. The van der Waals surface area contributed by atoms with Gasteiger partial charge in [0.05, 0.1) is 0 Å². The Balaban J connectivity index is 1.85. The van der Waals surface area contributed by atoms with E-state index >= 15 is 0 Å². The standard InChI is InChI=1S/C13H17BrFN/c1-2-13(3-4-13)9-16-8-10-5-11(14)7-12(15)6-10/h5-7,16H,2-4,8-9H2,1H3. The van der Waals surface area contributed by atoms with E-state index < -0.39 is 0 Å². The van der Waals surface area contributed by atoms with Crippen LogP contribution < -0.4 is 5.32 Å². The molecule has 3 heteroatoms. The first kappa shape index (κ1) is 12.1. The van der Waals surface area contributed by atoms with Gasteiger partial charge in [-0.25, -0.2) is 4.39 Å². The lowest BCUT2D eigenvalue weighted by Gasteiger charge is -2.13. The lowest BCUT2D eigenvalue weighted by molar-refractivity contribution is 0.443. The number of hydrogen-bond donors (Lipinski definition) is 1. The second kappa shape index (κ2) is 4.84. The molecule has 0 saturated heterocycles. The van der Waals surface area contributed by atoms with Crippen LogP contribution in [0.4, 0.5) is 4.39 Å². The first-order valence-corrected chi connectivity index (χ1v) is 6.58. The average molecular weight is 286 g/mol. The van der Waals surface area contributed by atoms with E-state index in [4.69, 9.17) is 0 Å². The molecular formula is C13H17BrFN. The molecule has 0 radical (unpaired) electrons. The maximum absolute atomic E-state index is 13.1. The third kappa shape index (κ3) is 3.05. The van der Waals surface area contributed by atoms with Gasteiger partial charge >= 0.3 is 0 Å². The fraction of sp³-hybridized carbons (Fsp3) is 0.538. The molecule has 1 aliphatic rings. The maximum atomic E-state index is 13.1. The van der Waals surface area contributed by atoms with Gasteiger partial charge in [-0.1, -0.05) is 22.9 Å². The van der Waals surface area contributed by atoms with Crippen LogP contribution in [0.2, 0.25) is 0 Å². The van der Waals surface area contributed by atoms with E-state index in [-0.39, 0.29) is 5.82 Å². The molecule has 0 aliphatic heterocycles. The number of nitrogens with one attached hydrogen (secondary N) is 1. The molecule has 16 heavy (non-hydrogen) atoms. The second-order valence-electron chi connectivity index (χ2n) is 4.73. The number of hydrogen-bond acceptors (Lipinski definition) is 1. The van der Waals surface area contributed by atoms with E-state index in [0.29, 0.717) is 5.41 Å². The molecule has 0 atom stereocenters. The monoisotopic (exact) mass is 285 g/mol. The summed E-state index contributed by atoms with van der Waals surface area (Å²) in [6.45, 7) is 4.04. The van der Waals surface area contributed by atoms with Gasteiger partial charge in [-0.3, -0.25) is 0 Å². The first-order valence-electron chi connectivity index (χ1n) is 5.79. The highest BCUT2D eigenvalue weighted by Gasteiger charge is 2.39. The molecule has 1 aromatic carbocycles. The van der Waals surface area contributed by atoms with Crippen molar-refractivity contribution in [1.82, 2.24) is 5.32 Å². The summed E-state index contributed by atoms with van der Waals surface area (Å²) < 4.78 is 13.9. The van der Waals surface area contributed by atoms with Gasteiger partial charge in [0, 0.05) is 17.6 Å². The summed E-state index contributed by atoms with van der Waals surface area (Å²) in [5.74, 6) is -0.178. The van der Waals surface area contributed by atoms with E-state index in [0.717, 1.165) is 23.1 Å². The zero-order valence-electron chi connectivity index (χ0n) is 9.52. The van der Waals surface area contributed by atoms with Gasteiger partial charge in [-0.2, -0.15) is 0 Å². The summed E-state index contributed by atoms with van der Waals surface area (Å²) in [4.78, 5) is 0. The van der Waals surface area contributed by atoms with Crippen molar-refractivity contribution in [3.8, 4) is 0 Å². The summed E-state index contributed by atoms with van der Waals surface area (Å²) in [6, 6.07) is 5.03. The smallest absolute Gasteiger partial charge is 0.124 e. The predicted octanol–water partition coefficient (Wildman–Crippen LogP) is 3.87. The van der Waals surface area contributed by atoms with Crippen LogP contribution in [0.25, 0.3) is 0 Å². The SMILES string of the molecule is CCC1(CNCc2cc(F)cc(Br)c2)CC1. The first-order chi connectivity index (χ1) is 7.63. The normalized spacial score (nSPS) is 17.4. The van der Waals surface area contributed by atoms with Gasteiger partial charge in [0.25, 0.3) is 0 Å². The highest BCUT2D eigenvalue weighted by Crippen LogP contribution is 2.47. The van der Waals surface area contributed by atoms with Crippen molar-refractivity contribution in [2.24, 2.45) is 5.41 Å². The fourth-order valence-electron chi connectivity index (χ4n) is 2.02. The summed E-state index contributed by atoms with van der Waals surface area (Å²) >= 11 is 3.30. The van der Waals surface area contributed by atoms with E-state index in [2.05, 4.69) is 28.2 Å². The Hall–Kier alpha value is -0.410. The molecule has 88 valence electrons. The van der Waals surface area contributed by atoms with Crippen molar-refractivity contribution in [3.05, 3.63) is 34.1 Å². The second-order valence-corrected chi connectivity index (χ2v) is 5.65. The number of benzene rings is 1. The largest absolute Gasteiger partial charge is 0.312 e. The highest BCUT2D eigenvalue weighted by molar-refractivity contribution is 9.10. The quantitative estimate of drug-likeness (QED) is 0.866. The van der Waals surface area contributed by atoms with E-state index in [9.17, 15) is 4.39 Å². The van der Waals surface area contributed by atoms with Gasteiger partial charge in [0.1, 0.15) is 5.82 Å². The van der Waals surface area contributed by atoms with Gasteiger partial charge < -0.3 is 5.32 Å². The molecule has 0 aromatic heterocycles. The summed E-state index contributed by atoms with van der Waals surface area (Å²) in [5, 5.41) is 3.42. The fourth-order valence-corrected chi connectivity index (χ4v) is 2.53. The van der Waals surface area contributed by atoms with Crippen molar-refractivity contribution in [1.29, 1.82) is 0 Å². The van der Waals surface area contributed by atoms with Gasteiger partial charge in [-0.15, -0.1) is 0 Å². The number of rotatable bonds is 5. The average Bonchev–Trinajstić information content (AvgIpc) is 2.97. The minimum atomic E-state index is -0.178. The molecule has 0 spiro atoms. The lowest BCUT2D eigenvalue weighted by Crippen LogP contribution is -2.23. The number of halogens is 2. The molecule has 1 aromatic rings. The Labute approximate surface area is 105 Å². The molecule has 2 rings (SSSR count). The minimum Gasteiger partial charge on any atom is -0.312 e. The maximum Gasteiger partial charge on any atom is 0.124 e. The van der Waals surface area contributed by atoms with Crippen molar-refractivity contribution < 1.29 is 4.39 Å². The zero-order chi connectivity index (χ0) is 11.6. The van der Waals surface area contributed by atoms with Crippen LogP contribution >= 0.6 is 15.9 Å². The third-order valence-corrected chi connectivity index (χ3v) is 3.92. The van der Waals surface area contributed by atoms with Gasteiger partial charge in [0.15, 0.2) is 0 Å². The Morgan fingerprint density at radius 3 is 2.69 bits per heavy atom. The molecule has 1 aliphatic carbocycles. The van der Waals surface area contributed by atoms with Crippen molar-refractivity contribution in [2.75, 3.05) is 6.54 Å². The van der Waals surface area contributed by atoms with Crippen molar-refractivity contribution in [2.45, 2.75) is 32.7 Å². The molecule has 0 unspecified atom stereocenters. The molecule has 0 amide bonds. The zero-order valence-corrected chi connectivity index (χ0v) is 11.1. The highest BCUT2D eigenvalue weighted by atomic mass is 79.9. The van der Waals surface area contributed by atoms with Crippen molar-refractivity contribution >= 4 is 15.9 Å². The van der Waals surface area contributed by atoms with Gasteiger partial charge in [-0.05, 0) is 48.4 Å². The van der Waals surface area contributed by atoms with Crippen LogP contribution in [0.3, 0.4) is 0 Å². The molecule has 1 fully saturated rings. The van der Waals surface area contributed by atoms with E-state index in [1.807, 2.05) is 6.07 Å². The Morgan fingerprint density at radius 2 is 2.12 bits per heavy atom. The Kier molecular flexibility index (Phi) is 3.65. The van der Waals surface area contributed by atoms with E-state index in [1.165, 1.54) is 25.3 Å². The molecule has 0 heterocycles. The van der Waals surface area contributed by atoms with Crippen molar-refractivity contribution in [3.63, 3.8) is 0 Å². The van der Waals surface area contributed by atoms with Crippen LogP contribution in [0.15, 0.2) is 22.7 Å². The molecule has 0 bridgehead atoms. The minimum absolute atomic E-state index is 0.178. The van der Waals surface area contributed by atoms with Crippen LogP contribution in [-0.2, 0) is 6.54 Å². The summed E-state index contributed by atoms with van der Waals surface area (Å²) in [5.41, 5.74) is 1.55. The molecular weight excluding hydrogens is 269 g/mol. The van der Waals surface area contributed by atoms with Crippen LogP contribution in [0, 0.1) is 11.2 Å². The van der Waals surface area contributed by atoms with Gasteiger partial charge in [0.2, 0.25) is 0 Å². The predicted molar refractivity (Wildman–Crippen MR) is 67.8 cm³/mol. The third-order valence-electron chi connectivity index (χ3n) is 3.46. The molecule has 1 nitrogen and oxygen atoms in total. The van der Waals surface area contributed by atoms with Crippen LogP contribution in [0.5, 0.6) is 0 Å². The Bertz CT molecular complexity index is 354. The summed E-state index contributed by atoms with van der Waals surface area (Å²) in [7, 11) is 0. The lowest BCUT2D eigenvalue weighted by atomic mass is 10.0. The van der Waals surface area contributed by atoms with E-state index in [1.54, 1.807) is 6.07 Å².